The van der Waals surface area contributed by atoms with Crippen molar-refractivity contribution in [2.24, 2.45) is 0 Å². The predicted molar refractivity (Wildman–Crippen MR) is 74.4 cm³/mol. The summed E-state index contributed by atoms with van der Waals surface area (Å²) in [4.78, 5) is 16.0. The number of anilines is 1. The van der Waals surface area contributed by atoms with Crippen LogP contribution in [-0.4, -0.2) is 18.0 Å². The lowest BCUT2D eigenvalue weighted by Gasteiger charge is -2.10. The van der Waals surface area contributed by atoms with Crippen molar-refractivity contribution in [3.63, 3.8) is 0 Å². The molecule has 0 fully saturated rings. The number of hydrogen-bond acceptors (Lipinski definition) is 3. The summed E-state index contributed by atoms with van der Waals surface area (Å²) in [5.41, 5.74) is 1.89. The number of hydrogen-bond donors (Lipinski definition) is 1. The van der Waals surface area contributed by atoms with Gasteiger partial charge in [0, 0.05) is 18.4 Å². The van der Waals surface area contributed by atoms with E-state index >= 15 is 0 Å². The summed E-state index contributed by atoms with van der Waals surface area (Å²) in [6, 6.07) is 12.4. The van der Waals surface area contributed by atoms with Crippen LogP contribution >= 0.6 is 11.6 Å². The minimum atomic E-state index is -0.300. The van der Waals surface area contributed by atoms with Crippen molar-refractivity contribution in [2.75, 3.05) is 12.4 Å². The molecular formula is C14H13ClN2O2. The molecule has 0 bridgehead atoms. The fraction of sp³-hybridized carbons (Fsp3) is 0.143. The lowest BCUT2D eigenvalue weighted by Crippen LogP contribution is -2.15. The minimum Gasteiger partial charge on any atom is -0.380 e. The van der Waals surface area contributed by atoms with Crippen molar-refractivity contribution in [1.29, 1.82) is 0 Å². The number of carbonyl (C=O) groups excluding carboxylic acids is 1. The highest BCUT2D eigenvalue weighted by molar-refractivity contribution is 6.29. The first-order valence-electron chi connectivity index (χ1n) is 5.71. The largest absolute Gasteiger partial charge is 0.380 e. The molecular weight excluding hydrogens is 264 g/mol. The maximum absolute atomic E-state index is 12.0. The molecule has 0 saturated carbocycles. The van der Waals surface area contributed by atoms with Gasteiger partial charge in [0.1, 0.15) is 10.8 Å². The Labute approximate surface area is 116 Å². The summed E-state index contributed by atoms with van der Waals surface area (Å²) < 4.78 is 5.09. The molecule has 98 valence electrons. The van der Waals surface area contributed by atoms with Gasteiger partial charge in [0.2, 0.25) is 0 Å². The van der Waals surface area contributed by atoms with Crippen LogP contribution in [0.25, 0.3) is 0 Å². The van der Waals surface area contributed by atoms with E-state index in [2.05, 4.69) is 10.3 Å². The summed E-state index contributed by atoms with van der Waals surface area (Å²) in [6.45, 7) is 0.430. The van der Waals surface area contributed by atoms with Crippen LogP contribution in [0.5, 0.6) is 0 Å². The van der Waals surface area contributed by atoms with Crippen molar-refractivity contribution in [2.45, 2.75) is 6.61 Å². The zero-order valence-electron chi connectivity index (χ0n) is 10.4. The Morgan fingerprint density at radius 3 is 2.79 bits per heavy atom. The maximum Gasteiger partial charge on any atom is 0.274 e. The molecule has 4 nitrogen and oxygen atoms in total. The molecule has 0 atom stereocenters. The summed E-state index contributed by atoms with van der Waals surface area (Å²) in [5, 5.41) is 3.09. The van der Waals surface area contributed by atoms with E-state index in [9.17, 15) is 4.79 Å². The first-order valence-corrected chi connectivity index (χ1v) is 6.09. The highest BCUT2D eigenvalue weighted by Gasteiger charge is 2.10. The number of methoxy groups -OCH3 is 1. The van der Waals surface area contributed by atoms with Gasteiger partial charge in [-0.2, -0.15) is 0 Å². The molecule has 0 radical (unpaired) electrons. The van der Waals surface area contributed by atoms with Gasteiger partial charge < -0.3 is 10.1 Å². The van der Waals surface area contributed by atoms with Gasteiger partial charge in [-0.3, -0.25) is 4.79 Å². The van der Waals surface area contributed by atoms with E-state index in [1.54, 1.807) is 25.3 Å². The number of para-hydroxylation sites is 1. The van der Waals surface area contributed by atoms with Gasteiger partial charge in [-0.15, -0.1) is 0 Å². The normalized spacial score (nSPS) is 10.2. The molecule has 0 aliphatic rings. The first-order chi connectivity index (χ1) is 9.20. The molecule has 1 aromatic heterocycles. The molecule has 5 heteroatoms. The smallest absolute Gasteiger partial charge is 0.274 e. The van der Waals surface area contributed by atoms with Crippen LogP contribution in [0.15, 0.2) is 42.5 Å². The number of nitrogens with one attached hydrogen (secondary N) is 1. The summed E-state index contributed by atoms with van der Waals surface area (Å²) in [6.07, 6.45) is 0. The van der Waals surface area contributed by atoms with E-state index in [4.69, 9.17) is 16.3 Å². The first kappa shape index (κ1) is 13.5. The molecule has 0 unspecified atom stereocenters. The van der Waals surface area contributed by atoms with Crippen LogP contribution in [0.4, 0.5) is 5.69 Å². The average Bonchev–Trinajstić information content (AvgIpc) is 2.41. The van der Waals surface area contributed by atoms with Crippen LogP contribution in [0.2, 0.25) is 5.15 Å². The molecule has 19 heavy (non-hydrogen) atoms. The number of pyridine rings is 1. The zero-order valence-corrected chi connectivity index (χ0v) is 11.1. The van der Waals surface area contributed by atoms with Gasteiger partial charge in [-0.25, -0.2) is 4.98 Å². The maximum atomic E-state index is 12.0. The molecule has 1 amide bonds. The van der Waals surface area contributed by atoms with E-state index in [1.807, 2.05) is 24.3 Å². The minimum absolute atomic E-state index is 0.278. The second-order valence-corrected chi connectivity index (χ2v) is 4.28. The summed E-state index contributed by atoms with van der Waals surface area (Å²) >= 11 is 5.76. The van der Waals surface area contributed by atoms with E-state index in [0.717, 1.165) is 5.56 Å². The lowest BCUT2D eigenvalue weighted by atomic mass is 10.2. The van der Waals surface area contributed by atoms with Gasteiger partial charge >= 0.3 is 0 Å². The standard InChI is InChI=1S/C14H13ClN2O2/c1-19-9-10-5-2-3-6-11(10)17-14(18)12-7-4-8-13(15)16-12/h2-8H,9H2,1H3,(H,17,18). The Bertz CT molecular complexity index is 587. The number of benzene rings is 1. The Balaban J connectivity index is 2.19. The number of ether oxygens (including phenoxy) is 1. The number of aromatic nitrogens is 1. The monoisotopic (exact) mass is 276 g/mol. The highest BCUT2D eigenvalue weighted by Crippen LogP contribution is 2.17. The van der Waals surface area contributed by atoms with E-state index in [1.165, 1.54) is 0 Å². The second-order valence-electron chi connectivity index (χ2n) is 3.89. The molecule has 0 saturated heterocycles. The molecule has 0 aliphatic heterocycles. The molecule has 0 spiro atoms. The summed E-state index contributed by atoms with van der Waals surface area (Å²) in [5.74, 6) is -0.300. The number of nitrogens with zero attached hydrogens (tertiary/aromatic N) is 1. The Morgan fingerprint density at radius 2 is 2.05 bits per heavy atom. The van der Waals surface area contributed by atoms with Gasteiger partial charge in [0.05, 0.1) is 6.61 Å². The van der Waals surface area contributed by atoms with Crippen LogP contribution in [-0.2, 0) is 11.3 Å². The van der Waals surface area contributed by atoms with Gasteiger partial charge in [0.25, 0.3) is 5.91 Å². The number of amides is 1. The van der Waals surface area contributed by atoms with Crippen LogP contribution < -0.4 is 5.32 Å². The third kappa shape index (κ3) is 3.53. The van der Waals surface area contributed by atoms with Crippen molar-refractivity contribution >= 4 is 23.2 Å². The Kier molecular flexibility index (Phi) is 4.49. The molecule has 1 heterocycles. The molecule has 1 N–H and O–H groups in total. The van der Waals surface area contributed by atoms with Crippen molar-refractivity contribution in [1.82, 2.24) is 4.98 Å². The second kappa shape index (κ2) is 6.31. The quantitative estimate of drug-likeness (QED) is 0.873. The lowest BCUT2D eigenvalue weighted by molar-refractivity contribution is 0.102. The Morgan fingerprint density at radius 1 is 1.26 bits per heavy atom. The van der Waals surface area contributed by atoms with Gasteiger partial charge in [0.15, 0.2) is 0 Å². The topological polar surface area (TPSA) is 51.2 Å². The van der Waals surface area contributed by atoms with Crippen molar-refractivity contribution < 1.29 is 9.53 Å². The van der Waals surface area contributed by atoms with Crippen molar-refractivity contribution in [3.05, 3.63) is 58.9 Å². The van der Waals surface area contributed by atoms with Gasteiger partial charge in [-0.05, 0) is 18.2 Å². The fourth-order valence-electron chi connectivity index (χ4n) is 1.64. The number of rotatable bonds is 4. The summed E-state index contributed by atoms with van der Waals surface area (Å²) in [7, 11) is 1.61. The van der Waals surface area contributed by atoms with E-state index in [0.29, 0.717) is 12.3 Å². The van der Waals surface area contributed by atoms with Crippen LogP contribution in [0.1, 0.15) is 16.1 Å². The Hall–Kier alpha value is -1.91. The zero-order chi connectivity index (χ0) is 13.7. The SMILES string of the molecule is COCc1ccccc1NC(=O)c1cccc(Cl)n1. The van der Waals surface area contributed by atoms with E-state index in [-0.39, 0.29) is 16.8 Å². The average molecular weight is 277 g/mol. The number of halogens is 1. The molecule has 2 aromatic rings. The third-order valence-corrected chi connectivity index (χ3v) is 2.72. The van der Waals surface area contributed by atoms with Gasteiger partial charge in [-0.1, -0.05) is 35.9 Å². The van der Waals surface area contributed by atoms with E-state index < -0.39 is 0 Å². The predicted octanol–water partition coefficient (Wildman–Crippen LogP) is 3.13. The molecule has 2 rings (SSSR count). The highest BCUT2D eigenvalue weighted by atomic mass is 35.5. The third-order valence-electron chi connectivity index (χ3n) is 2.51. The fourth-order valence-corrected chi connectivity index (χ4v) is 1.81. The van der Waals surface area contributed by atoms with Crippen LogP contribution in [0, 0.1) is 0 Å². The van der Waals surface area contributed by atoms with Crippen LogP contribution in [0.3, 0.4) is 0 Å². The molecule has 0 aliphatic carbocycles. The number of carbonyl (C=O) groups is 1. The van der Waals surface area contributed by atoms with Crippen molar-refractivity contribution in [3.8, 4) is 0 Å². The molecule has 1 aromatic carbocycles.